The summed E-state index contributed by atoms with van der Waals surface area (Å²) in [6.45, 7) is -0.0386. The van der Waals surface area contributed by atoms with Gasteiger partial charge in [0.05, 0.1) is 12.5 Å². The lowest BCUT2D eigenvalue weighted by molar-refractivity contribution is -0.141. The van der Waals surface area contributed by atoms with Crippen LogP contribution in [0, 0.1) is 0 Å². The van der Waals surface area contributed by atoms with Gasteiger partial charge in [-0.1, -0.05) is 30.3 Å². The molecule has 0 bridgehead atoms. The Labute approximate surface area is 118 Å². The predicted octanol–water partition coefficient (Wildman–Crippen LogP) is 1.68. The molecular weight excluding hydrogens is 285 g/mol. The topological polar surface area (TPSA) is 72.9 Å². The van der Waals surface area contributed by atoms with Crippen LogP contribution in [0.25, 0.3) is 0 Å². The Hall–Kier alpha value is -2.35. The van der Waals surface area contributed by atoms with Crippen molar-refractivity contribution in [3.8, 4) is 0 Å². The molecule has 1 atom stereocenters. The lowest BCUT2D eigenvalue weighted by Gasteiger charge is -2.15. The van der Waals surface area contributed by atoms with Crippen LogP contribution in [-0.4, -0.2) is 15.7 Å². The van der Waals surface area contributed by atoms with Gasteiger partial charge in [-0.25, -0.2) is 5.84 Å². The minimum atomic E-state index is -4.51. The van der Waals surface area contributed by atoms with Crippen molar-refractivity contribution < 1.29 is 18.0 Å². The molecule has 0 saturated heterocycles. The van der Waals surface area contributed by atoms with Gasteiger partial charge < -0.3 is 0 Å². The standard InChI is InChI=1S/C13H13F3N4O/c14-13(15,16)11-6-7-20(19-11)8-10(12(21)18-17)9-4-2-1-3-5-9/h1-7,10H,8,17H2,(H,18,21). The number of hydrogen-bond donors (Lipinski definition) is 2. The van der Waals surface area contributed by atoms with Crippen molar-refractivity contribution in [1.29, 1.82) is 0 Å². The first-order valence-corrected chi connectivity index (χ1v) is 6.08. The van der Waals surface area contributed by atoms with Crippen LogP contribution in [0.3, 0.4) is 0 Å². The molecule has 1 aromatic carbocycles. The first kappa shape index (κ1) is 15.0. The highest BCUT2D eigenvalue weighted by Crippen LogP contribution is 2.27. The summed E-state index contributed by atoms with van der Waals surface area (Å²) in [6, 6.07) is 9.51. The van der Waals surface area contributed by atoms with Crippen molar-refractivity contribution in [2.45, 2.75) is 18.6 Å². The molecule has 0 spiro atoms. The molecule has 3 N–H and O–H groups in total. The van der Waals surface area contributed by atoms with E-state index in [1.54, 1.807) is 30.3 Å². The molecule has 0 saturated carbocycles. The van der Waals surface area contributed by atoms with Gasteiger partial charge >= 0.3 is 6.18 Å². The number of halogens is 3. The number of hydrazine groups is 1. The maximum absolute atomic E-state index is 12.5. The normalized spacial score (nSPS) is 13.0. The van der Waals surface area contributed by atoms with Gasteiger partial charge in [-0.2, -0.15) is 18.3 Å². The number of amides is 1. The van der Waals surface area contributed by atoms with Gasteiger partial charge in [0.15, 0.2) is 5.69 Å². The molecule has 0 aliphatic rings. The van der Waals surface area contributed by atoms with Gasteiger partial charge in [-0.3, -0.25) is 14.9 Å². The van der Waals surface area contributed by atoms with Crippen LogP contribution in [0.4, 0.5) is 13.2 Å². The minimum Gasteiger partial charge on any atom is -0.294 e. The lowest BCUT2D eigenvalue weighted by Crippen LogP contribution is -2.36. The summed E-state index contributed by atoms with van der Waals surface area (Å²) in [5, 5.41) is 3.43. The van der Waals surface area contributed by atoms with Gasteiger partial charge in [0, 0.05) is 6.20 Å². The van der Waals surface area contributed by atoms with Crippen LogP contribution >= 0.6 is 0 Å². The number of carbonyl (C=O) groups is 1. The number of aromatic nitrogens is 2. The van der Waals surface area contributed by atoms with Crippen molar-refractivity contribution in [1.82, 2.24) is 15.2 Å². The van der Waals surface area contributed by atoms with Crippen LogP contribution in [-0.2, 0) is 17.5 Å². The number of hydrogen-bond acceptors (Lipinski definition) is 3. The van der Waals surface area contributed by atoms with E-state index in [0.29, 0.717) is 5.56 Å². The Kier molecular flexibility index (Phi) is 4.27. The summed E-state index contributed by atoms with van der Waals surface area (Å²) in [5.74, 6) is 3.91. The Balaban J connectivity index is 2.24. The number of nitrogens with one attached hydrogen (secondary N) is 1. The smallest absolute Gasteiger partial charge is 0.294 e. The summed E-state index contributed by atoms with van der Waals surface area (Å²) in [4.78, 5) is 11.8. The number of benzene rings is 1. The van der Waals surface area contributed by atoms with E-state index in [1.807, 2.05) is 5.43 Å². The largest absolute Gasteiger partial charge is 0.435 e. The van der Waals surface area contributed by atoms with E-state index in [2.05, 4.69) is 5.10 Å². The molecule has 0 radical (unpaired) electrons. The number of carbonyl (C=O) groups excluding carboxylic acids is 1. The zero-order chi connectivity index (χ0) is 15.5. The van der Waals surface area contributed by atoms with Crippen molar-refractivity contribution in [2.75, 3.05) is 0 Å². The van der Waals surface area contributed by atoms with Crippen LogP contribution in [0.1, 0.15) is 17.2 Å². The van der Waals surface area contributed by atoms with E-state index < -0.39 is 23.7 Å². The molecular formula is C13H13F3N4O. The zero-order valence-electron chi connectivity index (χ0n) is 10.8. The maximum atomic E-state index is 12.5. The molecule has 112 valence electrons. The number of nitrogens with zero attached hydrogens (tertiary/aromatic N) is 2. The Morgan fingerprint density at radius 3 is 2.48 bits per heavy atom. The second-order valence-electron chi connectivity index (χ2n) is 4.39. The van der Waals surface area contributed by atoms with Crippen LogP contribution in [0.15, 0.2) is 42.6 Å². The van der Waals surface area contributed by atoms with Crippen molar-refractivity contribution in [2.24, 2.45) is 5.84 Å². The average Bonchev–Trinajstić information content (AvgIpc) is 2.93. The van der Waals surface area contributed by atoms with E-state index in [0.717, 1.165) is 10.7 Å². The molecule has 0 aliphatic carbocycles. The molecule has 1 unspecified atom stereocenters. The average molecular weight is 298 g/mol. The molecule has 1 amide bonds. The lowest BCUT2D eigenvalue weighted by atomic mass is 9.98. The molecule has 0 aliphatic heterocycles. The van der Waals surface area contributed by atoms with Crippen molar-refractivity contribution in [3.05, 3.63) is 53.9 Å². The summed E-state index contributed by atoms with van der Waals surface area (Å²) in [6.07, 6.45) is -3.33. The highest BCUT2D eigenvalue weighted by molar-refractivity contribution is 5.82. The zero-order valence-corrected chi connectivity index (χ0v) is 10.8. The van der Waals surface area contributed by atoms with E-state index in [1.165, 1.54) is 6.20 Å². The van der Waals surface area contributed by atoms with Crippen LogP contribution < -0.4 is 11.3 Å². The third-order valence-corrected chi connectivity index (χ3v) is 2.96. The quantitative estimate of drug-likeness (QED) is 0.512. The SMILES string of the molecule is NNC(=O)C(Cn1ccc(C(F)(F)F)n1)c1ccccc1. The molecule has 2 rings (SSSR count). The highest BCUT2D eigenvalue weighted by Gasteiger charge is 2.34. The van der Waals surface area contributed by atoms with E-state index in [4.69, 9.17) is 5.84 Å². The number of alkyl halides is 3. The second-order valence-corrected chi connectivity index (χ2v) is 4.39. The molecule has 0 fully saturated rings. The van der Waals surface area contributed by atoms with Crippen molar-refractivity contribution >= 4 is 5.91 Å². The van der Waals surface area contributed by atoms with Gasteiger partial charge in [0.1, 0.15) is 0 Å². The Morgan fingerprint density at radius 2 is 1.95 bits per heavy atom. The van der Waals surface area contributed by atoms with Gasteiger partial charge in [0.25, 0.3) is 0 Å². The number of nitrogens with two attached hydrogens (primary N) is 1. The third kappa shape index (κ3) is 3.60. The first-order chi connectivity index (χ1) is 9.91. The summed E-state index contributed by atoms with van der Waals surface area (Å²) < 4.78 is 38.6. The van der Waals surface area contributed by atoms with Crippen molar-refractivity contribution in [3.63, 3.8) is 0 Å². The summed E-state index contributed by atoms with van der Waals surface area (Å²) in [5.41, 5.74) is 1.66. The van der Waals surface area contributed by atoms with E-state index in [-0.39, 0.29) is 6.54 Å². The fourth-order valence-electron chi connectivity index (χ4n) is 1.93. The Morgan fingerprint density at radius 1 is 1.29 bits per heavy atom. The molecule has 21 heavy (non-hydrogen) atoms. The first-order valence-electron chi connectivity index (χ1n) is 6.08. The Bertz CT molecular complexity index is 609. The number of rotatable bonds is 4. The molecule has 1 aromatic heterocycles. The molecule has 5 nitrogen and oxygen atoms in total. The van der Waals surface area contributed by atoms with Gasteiger partial charge in [-0.15, -0.1) is 0 Å². The van der Waals surface area contributed by atoms with Gasteiger partial charge in [-0.05, 0) is 11.6 Å². The fraction of sp³-hybridized carbons (Fsp3) is 0.231. The summed E-state index contributed by atoms with van der Waals surface area (Å²) >= 11 is 0. The second kappa shape index (κ2) is 5.96. The fourth-order valence-corrected chi connectivity index (χ4v) is 1.93. The van der Waals surface area contributed by atoms with E-state index >= 15 is 0 Å². The molecule has 2 aromatic rings. The third-order valence-electron chi connectivity index (χ3n) is 2.96. The predicted molar refractivity (Wildman–Crippen MR) is 68.7 cm³/mol. The maximum Gasteiger partial charge on any atom is 0.435 e. The highest BCUT2D eigenvalue weighted by atomic mass is 19.4. The summed E-state index contributed by atoms with van der Waals surface area (Å²) in [7, 11) is 0. The van der Waals surface area contributed by atoms with Crippen LogP contribution in [0.5, 0.6) is 0 Å². The molecule has 1 heterocycles. The van der Waals surface area contributed by atoms with Crippen LogP contribution in [0.2, 0.25) is 0 Å². The molecule has 8 heteroatoms. The van der Waals surface area contributed by atoms with Gasteiger partial charge in [0.2, 0.25) is 5.91 Å². The van der Waals surface area contributed by atoms with E-state index in [9.17, 15) is 18.0 Å². The monoisotopic (exact) mass is 298 g/mol. The minimum absolute atomic E-state index is 0.0386.